The number of allylic oxidation sites excluding steroid dienone is 1. The van der Waals surface area contributed by atoms with Gasteiger partial charge in [0.1, 0.15) is 11.8 Å². The van der Waals surface area contributed by atoms with Crippen LogP contribution in [0.4, 0.5) is 0 Å². The van der Waals surface area contributed by atoms with Gasteiger partial charge >= 0.3 is 0 Å². The Balaban J connectivity index is 2.03. The van der Waals surface area contributed by atoms with E-state index in [1.54, 1.807) is 48.5 Å². The number of amides is 1. The quantitative estimate of drug-likeness (QED) is 0.491. The highest BCUT2D eigenvalue weighted by Gasteiger charge is 2.08. The molecule has 0 bridgehead atoms. The number of methoxy groups -OCH3 is 1. The van der Waals surface area contributed by atoms with Gasteiger partial charge in [0.15, 0.2) is 30.5 Å². The molecule has 0 aliphatic carbocycles. The second-order valence-corrected chi connectivity index (χ2v) is 5.82. The van der Waals surface area contributed by atoms with Gasteiger partial charge in [-0.1, -0.05) is 12.1 Å². The topological polar surface area (TPSA) is 97.6 Å². The van der Waals surface area contributed by atoms with Crippen LogP contribution in [-0.4, -0.2) is 38.6 Å². The van der Waals surface area contributed by atoms with Crippen molar-refractivity contribution in [2.24, 2.45) is 0 Å². The van der Waals surface area contributed by atoms with Gasteiger partial charge < -0.3 is 19.5 Å². The van der Waals surface area contributed by atoms with Gasteiger partial charge in [0.05, 0.1) is 7.11 Å². The number of likely N-dealkylation sites (N-methyl/N-ethyl adjacent to an activating group) is 1. The zero-order valence-corrected chi connectivity index (χ0v) is 16.3. The summed E-state index contributed by atoms with van der Waals surface area (Å²) in [4.78, 5) is 23.8. The van der Waals surface area contributed by atoms with Gasteiger partial charge in [0.25, 0.3) is 5.91 Å². The third kappa shape index (κ3) is 6.70. The number of hydrogen-bond acceptors (Lipinski definition) is 6. The second-order valence-electron chi connectivity index (χ2n) is 5.82. The summed E-state index contributed by atoms with van der Waals surface area (Å²) in [5.74, 6) is 1.04. The van der Waals surface area contributed by atoms with Gasteiger partial charge in [-0.25, -0.2) is 0 Å². The Morgan fingerprint density at radius 1 is 1.10 bits per heavy atom. The first-order valence-electron chi connectivity index (χ1n) is 8.97. The summed E-state index contributed by atoms with van der Waals surface area (Å²) in [6.07, 6.45) is 3.12. The Labute approximate surface area is 169 Å². The van der Waals surface area contributed by atoms with Crippen LogP contribution in [0.5, 0.6) is 17.2 Å². The van der Waals surface area contributed by atoms with Crippen LogP contribution in [0.25, 0.3) is 6.08 Å². The number of ether oxygens (including phenoxy) is 3. The van der Waals surface area contributed by atoms with E-state index in [-0.39, 0.29) is 24.9 Å². The van der Waals surface area contributed by atoms with Crippen molar-refractivity contribution < 1.29 is 23.8 Å². The standard InChI is InChI=1S/C22H22N2O5/c1-3-24-22(26)15-29-20-11-5-16(14-21(20)27-2)4-10-19(25)17-6-8-18(9-7-17)28-13-12-23/h4-11,14H,3,13,15H2,1-2H3,(H,24,26)/b10-4+. The minimum atomic E-state index is -0.215. The molecule has 0 aliphatic rings. The maximum Gasteiger partial charge on any atom is 0.257 e. The minimum Gasteiger partial charge on any atom is -0.493 e. The molecule has 0 radical (unpaired) electrons. The zero-order chi connectivity index (χ0) is 21.1. The second kappa shape index (κ2) is 11.1. The number of nitrogens with one attached hydrogen (secondary N) is 1. The van der Waals surface area contributed by atoms with E-state index in [4.69, 9.17) is 19.5 Å². The molecular formula is C22H22N2O5. The van der Waals surface area contributed by atoms with E-state index >= 15 is 0 Å². The van der Waals surface area contributed by atoms with Crippen LogP contribution in [0.15, 0.2) is 48.5 Å². The number of rotatable bonds is 10. The number of benzene rings is 2. The van der Waals surface area contributed by atoms with Crippen molar-refractivity contribution in [2.45, 2.75) is 6.92 Å². The predicted octanol–water partition coefficient (Wildman–Crippen LogP) is 3.01. The van der Waals surface area contributed by atoms with Crippen molar-refractivity contribution in [1.29, 1.82) is 5.26 Å². The lowest BCUT2D eigenvalue weighted by atomic mass is 10.1. The normalized spacial score (nSPS) is 10.2. The zero-order valence-electron chi connectivity index (χ0n) is 16.3. The molecule has 0 aromatic heterocycles. The molecule has 29 heavy (non-hydrogen) atoms. The molecule has 2 aromatic carbocycles. The minimum absolute atomic E-state index is 0.0436. The van der Waals surface area contributed by atoms with Crippen molar-refractivity contribution in [1.82, 2.24) is 5.32 Å². The lowest BCUT2D eigenvalue weighted by Gasteiger charge is -2.11. The number of nitriles is 1. The number of hydrogen-bond donors (Lipinski definition) is 1. The van der Waals surface area contributed by atoms with Crippen molar-refractivity contribution >= 4 is 17.8 Å². The monoisotopic (exact) mass is 394 g/mol. The molecule has 1 amide bonds. The average Bonchev–Trinajstić information content (AvgIpc) is 2.75. The molecule has 7 heteroatoms. The summed E-state index contributed by atoms with van der Waals surface area (Å²) < 4.78 is 15.9. The number of nitrogens with zero attached hydrogens (tertiary/aromatic N) is 1. The third-order valence-corrected chi connectivity index (χ3v) is 3.79. The van der Waals surface area contributed by atoms with Crippen molar-refractivity contribution in [3.05, 3.63) is 59.7 Å². The Bertz CT molecular complexity index is 914. The SMILES string of the molecule is CCNC(=O)COc1ccc(/C=C/C(=O)c2ccc(OCC#N)cc2)cc1OC. The van der Waals surface area contributed by atoms with Crippen molar-refractivity contribution in [3.63, 3.8) is 0 Å². The fourth-order valence-electron chi connectivity index (χ4n) is 2.40. The fraction of sp³-hybridized carbons (Fsp3) is 0.227. The van der Waals surface area contributed by atoms with E-state index in [1.807, 2.05) is 13.0 Å². The smallest absolute Gasteiger partial charge is 0.257 e. The highest BCUT2D eigenvalue weighted by Crippen LogP contribution is 2.28. The molecule has 0 fully saturated rings. The first-order valence-corrected chi connectivity index (χ1v) is 8.97. The molecule has 2 rings (SSSR count). The highest BCUT2D eigenvalue weighted by molar-refractivity contribution is 6.06. The fourth-order valence-corrected chi connectivity index (χ4v) is 2.40. The van der Waals surface area contributed by atoms with Crippen LogP contribution in [0.2, 0.25) is 0 Å². The summed E-state index contributed by atoms with van der Waals surface area (Å²) in [5.41, 5.74) is 1.24. The number of ketones is 1. The average molecular weight is 394 g/mol. The Kier molecular flexibility index (Phi) is 8.27. The van der Waals surface area contributed by atoms with E-state index < -0.39 is 0 Å². The lowest BCUT2D eigenvalue weighted by molar-refractivity contribution is -0.123. The molecular weight excluding hydrogens is 372 g/mol. The van der Waals surface area contributed by atoms with E-state index in [9.17, 15) is 9.59 Å². The van der Waals surface area contributed by atoms with E-state index in [1.165, 1.54) is 13.2 Å². The Morgan fingerprint density at radius 3 is 2.52 bits per heavy atom. The molecule has 2 aromatic rings. The van der Waals surface area contributed by atoms with Gasteiger partial charge in [0, 0.05) is 12.1 Å². The van der Waals surface area contributed by atoms with Crippen LogP contribution in [-0.2, 0) is 4.79 Å². The van der Waals surface area contributed by atoms with Crippen molar-refractivity contribution in [2.75, 3.05) is 26.9 Å². The lowest BCUT2D eigenvalue weighted by Crippen LogP contribution is -2.28. The van der Waals surface area contributed by atoms with Crippen LogP contribution in [0.1, 0.15) is 22.8 Å². The molecule has 0 atom stereocenters. The van der Waals surface area contributed by atoms with Crippen LogP contribution in [0, 0.1) is 11.3 Å². The first kappa shape index (κ1) is 21.5. The summed E-state index contributed by atoms with van der Waals surface area (Å²) in [7, 11) is 1.50. The summed E-state index contributed by atoms with van der Waals surface area (Å²) >= 11 is 0. The van der Waals surface area contributed by atoms with Crippen molar-refractivity contribution in [3.8, 4) is 23.3 Å². The largest absolute Gasteiger partial charge is 0.493 e. The van der Waals surface area contributed by atoms with Crippen LogP contribution >= 0.6 is 0 Å². The third-order valence-electron chi connectivity index (χ3n) is 3.79. The molecule has 0 spiro atoms. The maximum atomic E-state index is 12.3. The predicted molar refractivity (Wildman–Crippen MR) is 108 cm³/mol. The number of carbonyl (C=O) groups is 2. The molecule has 7 nitrogen and oxygen atoms in total. The van der Waals surface area contributed by atoms with E-state index in [2.05, 4.69) is 5.32 Å². The van der Waals surface area contributed by atoms with Gasteiger partial charge in [-0.2, -0.15) is 5.26 Å². The Hall–Kier alpha value is -3.79. The maximum absolute atomic E-state index is 12.3. The summed E-state index contributed by atoms with van der Waals surface area (Å²) in [6, 6.07) is 13.6. The van der Waals surface area contributed by atoms with E-state index in [0.29, 0.717) is 29.4 Å². The summed E-state index contributed by atoms with van der Waals surface area (Å²) in [5, 5.41) is 11.2. The molecule has 0 aliphatic heterocycles. The molecule has 0 heterocycles. The van der Waals surface area contributed by atoms with Gasteiger partial charge in [-0.05, 0) is 55.0 Å². The molecule has 0 saturated heterocycles. The first-order chi connectivity index (χ1) is 14.1. The van der Waals surface area contributed by atoms with Gasteiger partial charge in [-0.15, -0.1) is 0 Å². The highest BCUT2D eigenvalue weighted by atomic mass is 16.5. The molecule has 150 valence electrons. The molecule has 1 N–H and O–H groups in total. The summed E-state index contributed by atoms with van der Waals surface area (Å²) in [6.45, 7) is 2.22. The van der Waals surface area contributed by atoms with Gasteiger partial charge in [-0.3, -0.25) is 9.59 Å². The number of carbonyl (C=O) groups excluding carboxylic acids is 2. The van der Waals surface area contributed by atoms with Crippen LogP contribution < -0.4 is 19.5 Å². The van der Waals surface area contributed by atoms with Gasteiger partial charge in [0.2, 0.25) is 0 Å². The van der Waals surface area contributed by atoms with E-state index in [0.717, 1.165) is 5.56 Å². The molecule has 0 unspecified atom stereocenters. The molecule has 0 saturated carbocycles. The Morgan fingerprint density at radius 2 is 1.86 bits per heavy atom. The van der Waals surface area contributed by atoms with Crippen LogP contribution in [0.3, 0.4) is 0 Å².